The summed E-state index contributed by atoms with van der Waals surface area (Å²) < 4.78 is 38.1. The van der Waals surface area contributed by atoms with Gasteiger partial charge in [0.2, 0.25) is 0 Å². The number of sulfonamides is 1. The van der Waals surface area contributed by atoms with Crippen LogP contribution in [0.25, 0.3) is 0 Å². The molecule has 0 bridgehead atoms. The van der Waals surface area contributed by atoms with E-state index in [1.165, 1.54) is 30.3 Å². The fraction of sp³-hybridized carbons (Fsp3) is 0.211. The number of carbonyl (C=O) groups is 2. The first-order valence-corrected chi connectivity index (χ1v) is 11.7. The number of aryl methyl sites for hydroxylation is 1. The molecule has 2 heterocycles. The minimum Gasteiger partial charge on any atom is -0.449 e. The normalized spacial score (nSPS) is 12.2. The highest BCUT2D eigenvalue weighted by Crippen LogP contribution is 2.28. The number of ether oxygens (including phenoxy) is 1. The Morgan fingerprint density at radius 2 is 2.00 bits per heavy atom. The number of benzene rings is 1. The molecule has 1 unspecified atom stereocenters. The Morgan fingerprint density at radius 3 is 2.61 bits per heavy atom. The number of hydrogen-bond acceptors (Lipinski definition) is 8. The Hall–Kier alpha value is -2.89. The summed E-state index contributed by atoms with van der Waals surface area (Å²) in [5, 5.41) is 6.17. The van der Waals surface area contributed by atoms with Gasteiger partial charge in [-0.15, -0.1) is 11.3 Å². The van der Waals surface area contributed by atoms with E-state index in [-0.39, 0.29) is 27.7 Å². The maximum atomic E-state index is 12.7. The number of thiophene rings is 1. The van der Waals surface area contributed by atoms with Crippen LogP contribution in [-0.2, 0) is 19.6 Å². The van der Waals surface area contributed by atoms with Crippen LogP contribution in [0.5, 0.6) is 0 Å². The largest absolute Gasteiger partial charge is 0.449 e. The Balaban J connectivity index is 1.76. The second kappa shape index (κ2) is 9.50. The Kier molecular flexibility index (Phi) is 6.98. The van der Waals surface area contributed by atoms with Gasteiger partial charge in [-0.25, -0.2) is 13.2 Å². The number of carbonyl (C=O) groups excluding carboxylic acids is 2. The number of halogens is 1. The monoisotopic (exact) mass is 483 g/mol. The molecule has 0 saturated heterocycles. The number of nitrogens with one attached hydrogen (secondary N) is 2. The lowest BCUT2D eigenvalue weighted by atomic mass is 10.2. The number of para-hydroxylation sites is 1. The molecule has 164 valence electrons. The van der Waals surface area contributed by atoms with E-state index in [2.05, 4.69) is 15.2 Å². The van der Waals surface area contributed by atoms with Crippen molar-refractivity contribution in [1.29, 1.82) is 0 Å². The molecular formula is C19H18ClN3O6S2. The standard InChI is InChI=1S/C19H18ClN3O6S2/c1-3-14(18(24)21-16-10-11(2)29-22-16)28-19(25)12-6-4-5-7-13(12)23-31(26,27)17-9-8-15(20)30-17/h4-10,14,23H,3H2,1-2H3,(H,21,22,24). The van der Waals surface area contributed by atoms with Crippen molar-refractivity contribution in [2.75, 3.05) is 10.0 Å². The minimum absolute atomic E-state index is 0.00520. The molecule has 0 saturated carbocycles. The molecule has 3 aromatic rings. The van der Waals surface area contributed by atoms with Gasteiger partial charge in [-0.1, -0.05) is 35.8 Å². The van der Waals surface area contributed by atoms with E-state index in [1.54, 1.807) is 26.0 Å². The summed E-state index contributed by atoms with van der Waals surface area (Å²) in [6, 6.07) is 10.3. The third-order valence-electron chi connectivity index (χ3n) is 4.00. The van der Waals surface area contributed by atoms with Crippen molar-refractivity contribution in [1.82, 2.24) is 5.16 Å². The van der Waals surface area contributed by atoms with Crippen molar-refractivity contribution < 1.29 is 27.3 Å². The van der Waals surface area contributed by atoms with Gasteiger partial charge in [0, 0.05) is 6.07 Å². The summed E-state index contributed by atoms with van der Waals surface area (Å²) >= 11 is 6.70. The van der Waals surface area contributed by atoms with Gasteiger partial charge >= 0.3 is 5.97 Å². The molecule has 2 N–H and O–H groups in total. The van der Waals surface area contributed by atoms with Crippen molar-refractivity contribution >= 4 is 56.3 Å². The molecule has 1 aromatic carbocycles. The SMILES string of the molecule is CCC(OC(=O)c1ccccc1NS(=O)(=O)c1ccc(Cl)s1)C(=O)Nc1cc(C)on1. The molecule has 0 aliphatic carbocycles. The quantitative estimate of drug-likeness (QED) is 0.462. The molecular weight excluding hydrogens is 466 g/mol. The second-order valence-corrected chi connectivity index (χ2v) is 9.95. The van der Waals surface area contributed by atoms with E-state index in [0.29, 0.717) is 10.1 Å². The summed E-state index contributed by atoms with van der Waals surface area (Å²) in [5.74, 6) is -0.746. The smallest absolute Gasteiger partial charge is 0.341 e. The number of anilines is 2. The first-order chi connectivity index (χ1) is 14.7. The molecule has 0 aliphatic heterocycles. The lowest BCUT2D eigenvalue weighted by Crippen LogP contribution is -2.32. The summed E-state index contributed by atoms with van der Waals surface area (Å²) in [5.41, 5.74) is -0.0309. The maximum absolute atomic E-state index is 12.7. The van der Waals surface area contributed by atoms with Crippen LogP contribution in [-0.4, -0.2) is 31.6 Å². The lowest BCUT2D eigenvalue weighted by Gasteiger charge is -2.17. The maximum Gasteiger partial charge on any atom is 0.341 e. The van der Waals surface area contributed by atoms with Crippen LogP contribution in [0.3, 0.4) is 0 Å². The third kappa shape index (κ3) is 5.63. The molecule has 0 spiro atoms. The molecule has 1 amide bonds. The highest BCUT2D eigenvalue weighted by atomic mass is 35.5. The Labute approximate surface area is 187 Å². The van der Waals surface area contributed by atoms with Crippen molar-refractivity contribution in [3.05, 3.63) is 58.1 Å². The molecule has 1 atom stereocenters. The van der Waals surface area contributed by atoms with Gasteiger partial charge in [0.1, 0.15) is 9.97 Å². The van der Waals surface area contributed by atoms with Gasteiger partial charge in [0.25, 0.3) is 15.9 Å². The van der Waals surface area contributed by atoms with Crippen LogP contribution in [0.4, 0.5) is 11.5 Å². The zero-order valence-corrected chi connectivity index (χ0v) is 18.8. The molecule has 0 fully saturated rings. The van der Waals surface area contributed by atoms with E-state index < -0.39 is 28.0 Å². The minimum atomic E-state index is -3.96. The van der Waals surface area contributed by atoms with E-state index in [4.69, 9.17) is 20.9 Å². The summed E-state index contributed by atoms with van der Waals surface area (Å²) in [4.78, 5) is 25.2. The Morgan fingerprint density at radius 1 is 1.26 bits per heavy atom. The third-order valence-corrected chi connectivity index (χ3v) is 7.08. The van der Waals surface area contributed by atoms with Crippen LogP contribution in [0.15, 0.2) is 51.2 Å². The number of rotatable bonds is 8. The van der Waals surface area contributed by atoms with Gasteiger partial charge < -0.3 is 14.6 Å². The summed E-state index contributed by atoms with van der Waals surface area (Å²) in [6.45, 7) is 3.34. The topological polar surface area (TPSA) is 128 Å². The molecule has 3 rings (SSSR count). The second-order valence-electron chi connectivity index (χ2n) is 6.32. The first-order valence-electron chi connectivity index (χ1n) is 9.02. The van der Waals surface area contributed by atoms with Crippen molar-refractivity contribution in [2.24, 2.45) is 0 Å². The zero-order chi connectivity index (χ0) is 22.6. The van der Waals surface area contributed by atoms with Crippen molar-refractivity contribution in [3.63, 3.8) is 0 Å². The highest BCUT2D eigenvalue weighted by Gasteiger charge is 2.26. The number of amides is 1. The average Bonchev–Trinajstić information content (AvgIpc) is 3.34. The zero-order valence-electron chi connectivity index (χ0n) is 16.4. The van der Waals surface area contributed by atoms with Gasteiger partial charge in [-0.05, 0) is 37.6 Å². The van der Waals surface area contributed by atoms with Crippen LogP contribution in [0.1, 0.15) is 29.5 Å². The summed E-state index contributed by atoms with van der Waals surface area (Å²) in [6.07, 6.45) is -0.930. The van der Waals surface area contributed by atoms with Crippen molar-refractivity contribution in [3.8, 4) is 0 Å². The van der Waals surface area contributed by atoms with E-state index >= 15 is 0 Å². The molecule has 0 aliphatic rings. The van der Waals surface area contributed by atoms with E-state index in [0.717, 1.165) is 11.3 Å². The van der Waals surface area contributed by atoms with Gasteiger partial charge in [0.05, 0.1) is 15.6 Å². The van der Waals surface area contributed by atoms with E-state index in [1.807, 2.05) is 0 Å². The molecule has 31 heavy (non-hydrogen) atoms. The lowest BCUT2D eigenvalue weighted by molar-refractivity contribution is -0.124. The molecule has 12 heteroatoms. The van der Waals surface area contributed by atoms with Crippen LogP contribution < -0.4 is 10.0 Å². The number of esters is 1. The Bertz CT molecular complexity index is 1200. The average molecular weight is 484 g/mol. The predicted molar refractivity (Wildman–Crippen MR) is 116 cm³/mol. The van der Waals surface area contributed by atoms with E-state index in [9.17, 15) is 18.0 Å². The summed E-state index contributed by atoms with van der Waals surface area (Å²) in [7, 11) is -3.96. The molecule has 2 aromatic heterocycles. The van der Waals surface area contributed by atoms with Gasteiger partial charge in [0.15, 0.2) is 11.9 Å². The molecule has 0 radical (unpaired) electrons. The predicted octanol–water partition coefficient (Wildman–Crippen LogP) is 4.07. The highest BCUT2D eigenvalue weighted by molar-refractivity contribution is 7.94. The van der Waals surface area contributed by atoms with Crippen LogP contribution >= 0.6 is 22.9 Å². The van der Waals surface area contributed by atoms with Crippen LogP contribution in [0.2, 0.25) is 4.34 Å². The number of nitrogens with zero attached hydrogens (tertiary/aromatic N) is 1. The van der Waals surface area contributed by atoms with Crippen LogP contribution in [0, 0.1) is 6.92 Å². The number of aromatic nitrogens is 1. The van der Waals surface area contributed by atoms with Gasteiger partial charge in [-0.3, -0.25) is 9.52 Å². The fourth-order valence-corrected chi connectivity index (χ4v) is 5.10. The fourth-order valence-electron chi connectivity index (χ4n) is 2.53. The number of hydrogen-bond donors (Lipinski definition) is 2. The van der Waals surface area contributed by atoms with Gasteiger partial charge in [-0.2, -0.15) is 0 Å². The first kappa shape index (κ1) is 22.8. The van der Waals surface area contributed by atoms with Crippen molar-refractivity contribution in [2.45, 2.75) is 30.6 Å². The molecule has 9 nitrogen and oxygen atoms in total.